The topological polar surface area (TPSA) is 12.0 Å². The number of halogens is 3. The van der Waals surface area contributed by atoms with Crippen molar-refractivity contribution in [2.75, 3.05) is 13.1 Å². The summed E-state index contributed by atoms with van der Waals surface area (Å²) < 4.78 is 37.0. The van der Waals surface area contributed by atoms with Crippen LogP contribution in [0.25, 0.3) is 6.08 Å². The highest BCUT2D eigenvalue weighted by Crippen LogP contribution is 2.29. The van der Waals surface area contributed by atoms with Crippen LogP contribution in [0.15, 0.2) is 30.3 Å². The first-order valence-corrected chi connectivity index (χ1v) is 5.62. The summed E-state index contributed by atoms with van der Waals surface area (Å²) in [4.78, 5) is 0. The second-order valence-corrected chi connectivity index (χ2v) is 4.23. The van der Waals surface area contributed by atoms with E-state index in [0.717, 1.165) is 37.2 Å². The fourth-order valence-corrected chi connectivity index (χ4v) is 1.87. The van der Waals surface area contributed by atoms with Gasteiger partial charge in [-0.25, -0.2) is 0 Å². The number of alkyl halides is 3. The Hall–Kier alpha value is -1.29. The van der Waals surface area contributed by atoms with Crippen LogP contribution in [0, 0.1) is 5.92 Å². The summed E-state index contributed by atoms with van der Waals surface area (Å²) in [7, 11) is 0. The lowest BCUT2D eigenvalue weighted by atomic mass is 10.1. The van der Waals surface area contributed by atoms with E-state index in [2.05, 4.69) is 11.4 Å². The fourth-order valence-electron chi connectivity index (χ4n) is 1.87. The van der Waals surface area contributed by atoms with Crippen molar-refractivity contribution in [1.29, 1.82) is 0 Å². The van der Waals surface area contributed by atoms with Crippen molar-refractivity contribution in [1.82, 2.24) is 5.32 Å². The second kappa shape index (κ2) is 4.92. The highest BCUT2D eigenvalue weighted by molar-refractivity contribution is 5.50. The van der Waals surface area contributed by atoms with E-state index >= 15 is 0 Å². The first-order chi connectivity index (χ1) is 8.05. The minimum absolute atomic E-state index is 0.497. The average Bonchev–Trinajstić information content (AvgIpc) is 2.78. The molecule has 1 aromatic rings. The molecule has 0 aromatic heterocycles. The van der Waals surface area contributed by atoms with E-state index in [0.29, 0.717) is 5.92 Å². The van der Waals surface area contributed by atoms with Crippen molar-refractivity contribution in [3.8, 4) is 0 Å². The molecular weight excluding hydrogens is 227 g/mol. The first-order valence-electron chi connectivity index (χ1n) is 5.62. The van der Waals surface area contributed by atoms with Crippen LogP contribution in [0.1, 0.15) is 17.5 Å². The van der Waals surface area contributed by atoms with E-state index < -0.39 is 11.7 Å². The number of benzene rings is 1. The van der Waals surface area contributed by atoms with E-state index in [4.69, 9.17) is 0 Å². The lowest BCUT2D eigenvalue weighted by molar-refractivity contribution is -0.137. The molecule has 0 unspecified atom stereocenters. The SMILES string of the molecule is FC(F)(F)c1ccc(/C=C\[C@H]2CCNC2)cc1. The van der Waals surface area contributed by atoms with Gasteiger partial charge in [-0.15, -0.1) is 0 Å². The Kier molecular flexibility index (Phi) is 3.52. The summed E-state index contributed by atoms with van der Waals surface area (Å²) in [6.07, 6.45) is 0.787. The van der Waals surface area contributed by atoms with Gasteiger partial charge >= 0.3 is 6.18 Å². The number of hydrogen-bond acceptors (Lipinski definition) is 1. The molecule has 4 heteroatoms. The summed E-state index contributed by atoms with van der Waals surface area (Å²) >= 11 is 0. The summed E-state index contributed by atoms with van der Waals surface area (Å²) in [6, 6.07) is 5.24. The highest BCUT2D eigenvalue weighted by atomic mass is 19.4. The zero-order valence-electron chi connectivity index (χ0n) is 9.30. The molecule has 17 heavy (non-hydrogen) atoms. The molecular formula is C13H14F3N. The van der Waals surface area contributed by atoms with Gasteiger partial charge in [0.1, 0.15) is 0 Å². The molecule has 1 nitrogen and oxygen atoms in total. The zero-order valence-corrected chi connectivity index (χ0v) is 9.30. The van der Waals surface area contributed by atoms with Crippen molar-refractivity contribution in [2.24, 2.45) is 5.92 Å². The number of nitrogens with one attached hydrogen (secondary N) is 1. The predicted octanol–water partition coefficient (Wildman–Crippen LogP) is 3.33. The quantitative estimate of drug-likeness (QED) is 0.837. The molecule has 1 atom stereocenters. The monoisotopic (exact) mass is 241 g/mol. The van der Waals surface area contributed by atoms with E-state index in [1.807, 2.05) is 6.08 Å². The Labute approximate surface area is 98.3 Å². The van der Waals surface area contributed by atoms with Crippen LogP contribution in [0.4, 0.5) is 13.2 Å². The van der Waals surface area contributed by atoms with Gasteiger partial charge < -0.3 is 5.32 Å². The van der Waals surface area contributed by atoms with E-state index in [-0.39, 0.29) is 0 Å². The molecule has 2 rings (SSSR count). The van der Waals surface area contributed by atoms with Crippen LogP contribution in [0.3, 0.4) is 0 Å². The van der Waals surface area contributed by atoms with Crippen LogP contribution in [-0.4, -0.2) is 13.1 Å². The smallest absolute Gasteiger partial charge is 0.316 e. The Morgan fingerprint density at radius 3 is 2.41 bits per heavy atom. The molecule has 1 heterocycles. The maximum atomic E-state index is 12.3. The molecule has 1 fully saturated rings. The van der Waals surface area contributed by atoms with Gasteiger partial charge in [-0.3, -0.25) is 0 Å². The predicted molar refractivity (Wildman–Crippen MR) is 61.5 cm³/mol. The molecule has 0 saturated carbocycles. The van der Waals surface area contributed by atoms with E-state index in [1.165, 1.54) is 12.1 Å². The Balaban J connectivity index is 2.02. The minimum Gasteiger partial charge on any atom is -0.316 e. The van der Waals surface area contributed by atoms with Crippen molar-refractivity contribution in [3.63, 3.8) is 0 Å². The molecule has 1 aliphatic rings. The molecule has 0 radical (unpaired) electrons. The highest BCUT2D eigenvalue weighted by Gasteiger charge is 2.29. The van der Waals surface area contributed by atoms with Gasteiger partial charge in [0.15, 0.2) is 0 Å². The van der Waals surface area contributed by atoms with Gasteiger partial charge in [0.25, 0.3) is 0 Å². The standard InChI is InChI=1S/C13H14F3N/c14-13(15,16)12-5-3-10(4-6-12)1-2-11-7-8-17-9-11/h1-6,11,17H,7-9H2/b2-1-/t11-/m0/s1. The molecule has 1 saturated heterocycles. The van der Waals surface area contributed by atoms with Crippen LogP contribution in [-0.2, 0) is 6.18 Å². The van der Waals surface area contributed by atoms with Gasteiger partial charge in [-0.2, -0.15) is 13.2 Å². The third-order valence-corrected chi connectivity index (χ3v) is 2.90. The lowest BCUT2D eigenvalue weighted by Gasteiger charge is -2.06. The maximum Gasteiger partial charge on any atom is 0.416 e. The van der Waals surface area contributed by atoms with Crippen LogP contribution in [0.5, 0.6) is 0 Å². The van der Waals surface area contributed by atoms with Gasteiger partial charge in [-0.05, 0) is 36.6 Å². The lowest BCUT2D eigenvalue weighted by Crippen LogP contribution is -2.07. The van der Waals surface area contributed by atoms with Gasteiger partial charge in [0, 0.05) is 6.54 Å². The van der Waals surface area contributed by atoms with Gasteiger partial charge in [0.2, 0.25) is 0 Å². The van der Waals surface area contributed by atoms with Crippen LogP contribution >= 0.6 is 0 Å². The largest absolute Gasteiger partial charge is 0.416 e. The molecule has 0 amide bonds. The third kappa shape index (κ3) is 3.33. The van der Waals surface area contributed by atoms with E-state index in [1.54, 1.807) is 0 Å². The Morgan fingerprint density at radius 2 is 1.88 bits per heavy atom. The fraction of sp³-hybridized carbons (Fsp3) is 0.385. The summed E-state index contributed by atoms with van der Waals surface area (Å²) in [6.45, 7) is 1.97. The van der Waals surface area contributed by atoms with Crippen molar-refractivity contribution in [2.45, 2.75) is 12.6 Å². The summed E-state index contributed by atoms with van der Waals surface area (Å²) in [5.41, 5.74) is 0.210. The molecule has 0 spiro atoms. The second-order valence-electron chi connectivity index (χ2n) is 4.23. The summed E-state index contributed by atoms with van der Waals surface area (Å²) in [5, 5.41) is 3.24. The van der Waals surface area contributed by atoms with Crippen molar-refractivity contribution >= 4 is 6.08 Å². The van der Waals surface area contributed by atoms with Crippen molar-refractivity contribution < 1.29 is 13.2 Å². The van der Waals surface area contributed by atoms with Gasteiger partial charge in [0.05, 0.1) is 5.56 Å². The Bertz CT molecular complexity index is 386. The average molecular weight is 241 g/mol. The maximum absolute atomic E-state index is 12.3. The van der Waals surface area contributed by atoms with E-state index in [9.17, 15) is 13.2 Å². The molecule has 0 aliphatic carbocycles. The van der Waals surface area contributed by atoms with Crippen molar-refractivity contribution in [3.05, 3.63) is 41.5 Å². The molecule has 1 aromatic carbocycles. The Morgan fingerprint density at radius 1 is 1.18 bits per heavy atom. The molecule has 0 bridgehead atoms. The first kappa shape index (κ1) is 12.2. The normalized spacial score (nSPS) is 21.2. The van der Waals surface area contributed by atoms with Crippen LogP contribution in [0.2, 0.25) is 0 Å². The third-order valence-electron chi connectivity index (χ3n) is 2.90. The molecule has 1 N–H and O–H groups in total. The number of hydrogen-bond donors (Lipinski definition) is 1. The van der Waals surface area contributed by atoms with Gasteiger partial charge in [-0.1, -0.05) is 24.3 Å². The summed E-state index contributed by atoms with van der Waals surface area (Å²) in [5.74, 6) is 0.497. The zero-order chi connectivity index (χ0) is 12.3. The molecule has 1 aliphatic heterocycles. The molecule has 92 valence electrons. The number of rotatable bonds is 2. The van der Waals surface area contributed by atoms with Crippen LogP contribution < -0.4 is 5.32 Å². The minimum atomic E-state index is -4.25.